The lowest BCUT2D eigenvalue weighted by atomic mass is 9.97. The molecule has 0 radical (unpaired) electrons. The van der Waals surface area contributed by atoms with Crippen LogP contribution in [0, 0.1) is 12.8 Å². The second kappa shape index (κ2) is 7.77. The van der Waals surface area contributed by atoms with Crippen molar-refractivity contribution in [3.63, 3.8) is 0 Å². The van der Waals surface area contributed by atoms with Gasteiger partial charge in [0.15, 0.2) is 0 Å². The van der Waals surface area contributed by atoms with E-state index >= 15 is 0 Å². The summed E-state index contributed by atoms with van der Waals surface area (Å²) in [5, 5.41) is 4.07. The molecule has 25 heavy (non-hydrogen) atoms. The molecule has 0 spiro atoms. The lowest BCUT2D eigenvalue weighted by Gasteiger charge is -2.31. The molecule has 1 amide bonds. The molecule has 1 aliphatic heterocycles. The van der Waals surface area contributed by atoms with Gasteiger partial charge < -0.3 is 15.0 Å². The quantitative estimate of drug-likeness (QED) is 0.821. The van der Waals surface area contributed by atoms with Crippen LogP contribution < -0.4 is 5.32 Å². The van der Waals surface area contributed by atoms with Crippen LogP contribution in [0.25, 0.3) is 10.2 Å². The molecule has 7 nitrogen and oxygen atoms in total. The Morgan fingerprint density at radius 3 is 2.84 bits per heavy atom. The Hall–Kier alpha value is -2.22. The number of nitrogens with zero attached hydrogens (tertiary/aromatic N) is 3. The van der Waals surface area contributed by atoms with Crippen molar-refractivity contribution in [2.45, 2.75) is 26.7 Å². The Kier molecular flexibility index (Phi) is 5.47. The molecule has 1 N–H and O–H groups in total. The van der Waals surface area contributed by atoms with Crippen LogP contribution in [0.2, 0.25) is 0 Å². The van der Waals surface area contributed by atoms with E-state index in [-0.39, 0.29) is 24.3 Å². The molecule has 3 rings (SSSR count). The first-order valence-corrected chi connectivity index (χ1v) is 9.29. The first-order chi connectivity index (χ1) is 12.1. The van der Waals surface area contributed by atoms with Crippen LogP contribution in [0.4, 0.5) is 5.82 Å². The van der Waals surface area contributed by atoms with E-state index in [2.05, 4.69) is 15.3 Å². The molecule has 3 heterocycles. The number of rotatable bonds is 5. The third kappa shape index (κ3) is 4.07. The van der Waals surface area contributed by atoms with Gasteiger partial charge in [0, 0.05) is 18.0 Å². The Bertz CT molecular complexity index is 768. The minimum Gasteiger partial charge on any atom is -0.466 e. The summed E-state index contributed by atoms with van der Waals surface area (Å²) in [7, 11) is 0. The number of esters is 1. The Morgan fingerprint density at radius 2 is 2.12 bits per heavy atom. The number of amides is 1. The van der Waals surface area contributed by atoms with E-state index in [0.717, 1.165) is 15.1 Å². The van der Waals surface area contributed by atoms with E-state index in [0.29, 0.717) is 38.4 Å². The Labute approximate surface area is 150 Å². The summed E-state index contributed by atoms with van der Waals surface area (Å²) in [6, 6.07) is 2.03. The minimum absolute atomic E-state index is 0.0148. The van der Waals surface area contributed by atoms with Gasteiger partial charge in [0.2, 0.25) is 5.91 Å². The van der Waals surface area contributed by atoms with Crippen molar-refractivity contribution in [1.29, 1.82) is 0 Å². The molecule has 2 aromatic heterocycles. The van der Waals surface area contributed by atoms with Crippen molar-refractivity contribution in [1.82, 2.24) is 14.9 Å². The van der Waals surface area contributed by atoms with Crippen LogP contribution in [0.1, 0.15) is 24.6 Å². The predicted octanol–water partition coefficient (Wildman–Crippen LogP) is 2.21. The van der Waals surface area contributed by atoms with Crippen molar-refractivity contribution in [2.24, 2.45) is 5.92 Å². The molecule has 2 aromatic rings. The highest BCUT2D eigenvalue weighted by molar-refractivity contribution is 7.18. The highest BCUT2D eigenvalue weighted by Gasteiger charge is 2.28. The average Bonchev–Trinajstić information content (AvgIpc) is 3.00. The zero-order valence-corrected chi connectivity index (χ0v) is 15.3. The van der Waals surface area contributed by atoms with Gasteiger partial charge in [-0.05, 0) is 32.8 Å². The highest BCUT2D eigenvalue weighted by atomic mass is 32.1. The second-order valence-corrected chi connectivity index (χ2v) is 7.29. The van der Waals surface area contributed by atoms with E-state index in [1.807, 2.05) is 13.0 Å². The standard InChI is InChI=1S/C17H22N4O3S/c1-3-24-17(23)12-4-6-21(7-5-12)14(22)9-18-15-13-8-11(2)25-16(13)20-10-19-15/h8,10,12H,3-7,9H2,1-2H3,(H,18,19,20). The third-order valence-electron chi connectivity index (χ3n) is 4.33. The minimum atomic E-state index is -0.149. The monoisotopic (exact) mass is 362 g/mol. The van der Waals surface area contributed by atoms with Gasteiger partial charge in [-0.3, -0.25) is 9.59 Å². The van der Waals surface area contributed by atoms with Crippen LogP contribution >= 0.6 is 11.3 Å². The van der Waals surface area contributed by atoms with Gasteiger partial charge in [-0.1, -0.05) is 0 Å². The molecule has 1 saturated heterocycles. The number of fused-ring (bicyclic) bond motifs is 1. The van der Waals surface area contributed by atoms with Crippen molar-refractivity contribution < 1.29 is 14.3 Å². The van der Waals surface area contributed by atoms with Gasteiger partial charge in [0.25, 0.3) is 0 Å². The summed E-state index contributed by atoms with van der Waals surface area (Å²) in [4.78, 5) is 36.5. The van der Waals surface area contributed by atoms with Gasteiger partial charge in [0.05, 0.1) is 24.5 Å². The molecular weight excluding hydrogens is 340 g/mol. The van der Waals surface area contributed by atoms with E-state index in [4.69, 9.17) is 4.74 Å². The summed E-state index contributed by atoms with van der Waals surface area (Å²) in [6.07, 6.45) is 2.83. The summed E-state index contributed by atoms with van der Waals surface area (Å²) in [5.41, 5.74) is 0. The smallest absolute Gasteiger partial charge is 0.309 e. The van der Waals surface area contributed by atoms with Gasteiger partial charge in [-0.2, -0.15) is 0 Å². The molecule has 1 aliphatic rings. The fourth-order valence-corrected chi connectivity index (χ4v) is 3.86. The van der Waals surface area contributed by atoms with Crippen LogP contribution in [0.15, 0.2) is 12.4 Å². The topological polar surface area (TPSA) is 84.4 Å². The molecule has 0 atom stereocenters. The van der Waals surface area contributed by atoms with E-state index in [1.165, 1.54) is 6.33 Å². The Morgan fingerprint density at radius 1 is 1.36 bits per heavy atom. The molecule has 0 unspecified atom stereocenters. The number of carbonyl (C=O) groups excluding carboxylic acids is 2. The van der Waals surface area contributed by atoms with Crippen LogP contribution in [0.3, 0.4) is 0 Å². The number of hydrogen-bond donors (Lipinski definition) is 1. The van der Waals surface area contributed by atoms with Gasteiger partial charge in [0.1, 0.15) is 17.0 Å². The molecular formula is C17H22N4O3S. The zero-order valence-electron chi connectivity index (χ0n) is 14.4. The maximum absolute atomic E-state index is 12.4. The fourth-order valence-electron chi connectivity index (χ4n) is 3.01. The Balaban J connectivity index is 1.54. The molecule has 1 fully saturated rings. The van der Waals surface area contributed by atoms with Crippen LogP contribution in [-0.4, -0.2) is 53.0 Å². The summed E-state index contributed by atoms with van der Waals surface area (Å²) >= 11 is 1.61. The number of nitrogens with one attached hydrogen (secondary N) is 1. The zero-order chi connectivity index (χ0) is 17.8. The number of aromatic nitrogens is 2. The summed E-state index contributed by atoms with van der Waals surface area (Å²) in [5.74, 6) is 0.460. The number of piperidine rings is 1. The average molecular weight is 362 g/mol. The van der Waals surface area contributed by atoms with E-state index in [9.17, 15) is 9.59 Å². The number of carbonyl (C=O) groups is 2. The number of anilines is 1. The summed E-state index contributed by atoms with van der Waals surface area (Å²) in [6.45, 7) is 5.58. The van der Waals surface area contributed by atoms with Crippen LogP contribution in [0.5, 0.6) is 0 Å². The van der Waals surface area contributed by atoms with E-state index < -0.39 is 0 Å². The molecule has 8 heteroatoms. The number of aryl methyl sites for hydroxylation is 1. The second-order valence-electron chi connectivity index (χ2n) is 6.06. The maximum atomic E-state index is 12.4. The first kappa shape index (κ1) is 17.6. The third-order valence-corrected chi connectivity index (χ3v) is 5.29. The number of thiophene rings is 1. The fraction of sp³-hybridized carbons (Fsp3) is 0.529. The first-order valence-electron chi connectivity index (χ1n) is 8.48. The molecule has 0 saturated carbocycles. The lowest BCUT2D eigenvalue weighted by molar-refractivity contribution is -0.151. The van der Waals surface area contributed by atoms with Crippen molar-refractivity contribution in [3.8, 4) is 0 Å². The van der Waals surface area contributed by atoms with Crippen molar-refractivity contribution in [2.75, 3.05) is 31.6 Å². The van der Waals surface area contributed by atoms with Crippen LogP contribution in [-0.2, 0) is 14.3 Å². The molecule has 0 bridgehead atoms. The number of ether oxygens (including phenoxy) is 1. The van der Waals surface area contributed by atoms with Crippen molar-refractivity contribution in [3.05, 3.63) is 17.3 Å². The number of hydrogen-bond acceptors (Lipinski definition) is 7. The van der Waals surface area contributed by atoms with E-state index in [1.54, 1.807) is 23.2 Å². The SMILES string of the molecule is CCOC(=O)C1CCN(C(=O)CNc2ncnc3sc(C)cc23)CC1. The normalized spacial score (nSPS) is 15.4. The molecule has 0 aromatic carbocycles. The largest absolute Gasteiger partial charge is 0.466 e. The van der Waals surface area contributed by atoms with Gasteiger partial charge in [-0.25, -0.2) is 9.97 Å². The predicted molar refractivity (Wildman–Crippen MR) is 96.6 cm³/mol. The lowest BCUT2D eigenvalue weighted by Crippen LogP contribution is -2.43. The maximum Gasteiger partial charge on any atom is 0.309 e. The van der Waals surface area contributed by atoms with Gasteiger partial charge in [-0.15, -0.1) is 11.3 Å². The molecule has 0 aliphatic carbocycles. The van der Waals surface area contributed by atoms with Gasteiger partial charge >= 0.3 is 5.97 Å². The number of likely N-dealkylation sites (tertiary alicyclic amines) is 1. The molecule has 134 valence electrons. The highest BCUT2D eigenvalue weighted by Crippen LogP contribution is 2.27. The van der Waals surface area contributed by atoms with Crippen molar-refractivity contribution >= 4 is 39.2 Å². The summed E-state index contributed by atoms with van der Waals surface area (Å²) < 4.78 is 5.06.